The molecule has 4 nitrogen and oxygen atoms in total. The number of benzene rings is 2. The highest BCUT2D eigenvalue weighted by molar-refractivity contribution is 9.10. The molecular weight excluding hydrogens is 406 g/mol. The van der Waals surface area contributed by atoms with Crippen molar-refractivity contribution < 1.29 is 14.3 Å². The van der Waals surface area contributed by atoms with Gasteiger partial charge in [-0.05, 0) is 59.5 Å². The van der Waals surface area contributed by atoms with Crippen LogP contribution in [0.4, 0.5) is 0 Å². The molecule has 0 radical (unpaired) electrons. The molecule has 3 rings (SSSR count). The van der Waals surface area contributed by atoms with E-state index in [1.807, 2.05) is 56.3 Å². The Labute approximate surface area is 169 Å². The van der Waals surface area contributed by atoms with Crippen molar-refractivity contribution in [1.29, 1.82) is 0 Å². The van der Waals surface area contributed by atoms with Gasteiger partial charge in [-0.2, -0.15) is 0 Å². The SMILES string of the molecule is CC(C)c1ccc(OCC(=O)NC2CC(C)(C)Oc3ccccc32)c(Br)c1. The molecule has 1 amide bonds. The lowest BCUT2D eigenvalue weighted by Gasteiger charge is -2.37. The second kappa shape index (κ2) is 7.93. The summed E-state index contributed by atoms with van der Waals surface area (Å²) in [6.45, 7) is 8.32. The number of para-hydroxylation sites is 1. The summed E-state index contributed by atoms with van der Waals surface area (Å²) in [6, 6.07) is 13.7. The van der Waals surface area contributed by atoms with Crippen LogP contribution in [-0.4, -0.2) is 18.1 Å². The van der Waals surface area contributed by atoms with Crippen LogP contribution in [0.2, 0.25) is 0 Å². The molecule has 0 bridgehead atoms. The molecule has 27 heavy (non-hydrogen) atoms. The van der Waals surface area contributed by atoms with Gasteiger partial charge in [0.25, 0.3) is 5.91 Å². The molecule has 1 heterocycles. The monoisotopic (exact) mass is 431 g/mol. The first kappa shape index (κ1) is 19.7. The summed E-state index contributed by atoms with van der Waals surface area (Å²) in [5.41, 5.74) is 1.90. The zero-order valence-electron chi connectivity index (χ0n) is 16.2. The zero-order chi connectivity index (χ0) is 19.6. The fourth-order valence-electron chi connectivity index (χ4n) is 3.30. The number of rotatable bonds is 5. The predicted octanol–water partition coefficient (Wildman–Crippen LogP) is 5.37. The third-order valence-corrected chi connectivity index (χ3v) is 5.31. The average Bonchev–Trinajstić information content (AvgIpc) is 2.59. The number of nitrogens with one attached hydrogen (secondary N) is 1. The topological polar surface area (TPSA) is 47.6 Å². The van der Waals surface area contributed by atoms with Crippen LogP contribution < -0.4 is 14.8 Å². The maximum Gasteiger partial charge on any atom is 0.258 e. The molecule has 0 saturated carbocycles. The van der Waals surface area contributed by atoms with Crippen molar-refractivity contribution in [2.24, 2.45) is 0 Å². The summed E-state index contributed by atoms with van der Waals surface area (Å²) in [7, 11) is 0. The molecule has 144 valence electrons. The van der Waals surface area contributed by atoms with Gasteiger partial charge in [0.05, 0.1) is 10.5 Å². The third-order valence-electron chi connectivity index (χ3n) is 4.69. The van der Waals surface area contributed by atoms with Crippen molar-refractivity contribution in [3.63, 3.8) is 0 Å². The smallest absolute Gasteiger partial charge is 0.258 e. The van der Waals surface area contributed by atoms with Gasteiger partial charge in [0.1, 0.15) is 17.1 Å². The van der Waals surface area contributed by atoms with E-state index in [9.17, 15) is 4.79 Å². The number of ether oxygens (including phenoxy) is 2. The normalized spacial score (nSPS) is 17.8. The number of hydrogen-bond acceptors (Lipinski definition) is 3. The zero-order valence-corrected chi connectivity index (χ0v) is 17.8. The standard InChI is InChI=1S/C22H26BrNO3/c1-14(2)15-9-10-20(17(23)11-15)26-13-21(25)24-18-12-22(3,4)27-19-8-6-5-7-16(18)19/h5-11,14,18H,12-13H2,1-4H3,(H,24,25). The van der Waals surface area contributed by atoms with Crippen LogP contribution in [0.5, 0.6) is 11.5 Å². The molecule has 0 saturated heterocycles. The van der Waals surface area contributed by atoms with Crippen molar-refractivity contribution in [2.75, 3.05) is 6.61 Å². The second-order valence-electron chi connectivity index (χ2n) is 7.86. The van der Waals surface area contributed by atoms with Crippen LogP contribution >= 0.6 is 15.9 Å². The lowest BCUT2D eigenvalue weighted by atomic mass is 9.90. The first-order chi connectivity index (χ1) is 12.7. The van der Waals surface area contributed by atoms with Crippen molar-refractivity contribution in [2.45, 2.75) is 51.7 Å². The van der Waals surface area contributed by atoms with Gasteiger partial charge in [0.15, 0.2) is 6.61 Å². The summed E-state index contributed by atoms with van der Waals surface area (Å²) >= 11 is 3.53. The van der Waals surface area contributed by atoms with Gasteiger partial charge in [-0.15, -0.1) is 0 Å². The van der Waals surface area contributed by atoms with E-state index in [2.05, 4.69) is 35.1 Å². The largest absolute Gasteiger partial charge is 0.487 e. The van der Waals surface area contributed by atoms with E-state index in [4.69, 9.17) is 9.47 Å². The number of carbonyl (C=O) groups excluding carboxylic acids is 1. The van der Waals surface area contributed by atoms with Gasteiger partial charge in [0, 0.05) is 12.0 Å². The van der Waals surface area contributed by atoms with E-state index in [-0.39, 0.29) is 24.2 Å². The minimum atomic E-state index is -0.330. The highest BCUT2D eigenvalue weighted by Gasteiger charge is 2.34. The first-order valence-corrected chi connectivity index (χ1v) is 10.0. The molecule has 1 aliphatic rings. The summed E-state index contributed by atoms with van der Waals surface area (Å²) in [5.74, 6) is 1.79. The summed E-state index contributed by atoms with van der Waals surface area (Å²) in [5, 5.41) is 3.09. The maximum atomic E-state index is 12.5. The van der Waals surface area contributed by atoms with Crippen LogP contribution in [0.25, 0.3) is 0 Å². The van der Waals surface area contributed by atoms with Gasteiger partial charge >= 0.3 is 0 Å². The van der Waals surface area contributed by atoms with E-state index in [0.29, 0.717) is 18.1 Å². The minimum Gasteiger partial charge on any atom is -0.487 e. The van der Waals surface area contributed by atoms with Gasteiger partial charge in [-0.25, -0.2) is 0 Å². The Morgan fingerprint density at radius 3 is 2.74 bits per heavy atom. The summed E-state index contributed by atoms with van der Waals surface area (Å²) < 4.78 is 12.6. The lowest BCUT2D eigenvalue weighted by molar-refractivity contribution is -0.124. The molecule has 1 unspecified atom stereocenters. The van der Waals surface area contributed by atoms with E-state index >= 15 is 0 Å². The Hall–Kier alpha value is -2.01. The summed E-state index contributed by atoms with van der Waals surface area (Å²) in [6.07, 6.45) is 0.711. The molecule has 0 spiro atoms. The molecule has 1 atom stereocenters. The molecule has 0 fully saturated rings. The Morgan fingerprint density at radius 1 is 1.30 bits per heavy atom. The molecule has 2 aromatic rings. The molecular formula is C22H26BrNO3. The first-order valence-electron chi connectivity index (χ1n) is 9.25. The number of amides is 1. The molecule has 5 heteroatoms. The fourth-order valence-corrected chi connectivity index (χ4v) is 3.81. The summed E-state index contributed by atoms with van der Waals surface area (Å²) in [4.78, 5) is 12.5. The van der Waals surface area contributed by atoms with Gasteiger partial charge in [-0.1, -0.05) is 38.1 Å². The third kappa shape index (κ3) is 4.83. The highest BCUT2D eigenvalue weighted by atomic mass is 79.9. The Balaban J connectivity index is 1.65. The Kier molecular flexibility index (Phi) is 5.80. The molecule has 0 aliphatic carbocycles. The molecule has 0 aromatic heterocycles. The number of carbonyl (C=O) groups is 1. The van der Waals surface area contributed by atoms with E-state index in [0.717, 1.165) is 15.8 Å². The van der Waals surface area contributed by atoms with Crippen molar-refractivity contribution >= 4 is 21.8 Å². The molecule has 2 aromatic carbocycles. The maximum absolute atomic E-state index is 12.5. The minimum absolute atomic E-state index is 0.0282. The number of halogens is 1. The van der Waals surface area contributed by atoms with E-state index in [1.165, 1.54) is 5.56 Å². The van der Waals surface area contributed by atoms with Crippen molar-refractivity contribution in [3.8, 4) is 11.5 Å². The van der Waals surface area contributed by atoms with E-state index in [1.54, 1.807) is 0 Å². The number of hydrogen-bond donors (Lipinski definition) is 1. The van der Waals surface area contributed by atoms with Crippen LogP contribution in [-0.2, 0) is 4.79 Å². The van der Waals surface area contributed by atoms with E-state index < -0.39 is 0 Å². The molecule has 1 aliphatic heterocycles. The Morgan fingerprint density at radius 2 is 2.04 bits per heavy atom. The predicted molar refractivity (Wildman–Crippen MR) is 110 cm³/mol. The number of fused-ring (bicyclic) bond motifs is 1. The van der Waals surface area contributed by atoms with Crippen LogP contribution in [0.1, 0.15) is 57.2 Å². The van der Waals surface area contributed by atoms with Crippen molar-refractivity contribution in [3.05, 3.63) is 58.1 Å². The van der Waals surface area contributed by atoms with Crippen LogP contribution in [0.3, 0.4) is 0 Å². The highest BCUT2D eigenvalue weighted by Crippen LogP contribution is 2.39. The van der Waals surface area contributed by atoms with Gasteiger partial charge in [-0.3, -0.25) is 4.79 Å². The lowest BCUT2D eigenvalue weighted by Crippen LogP contribution is -2.42. The van der Waals surface area contributed by atoms with Crippen LogP contribution in [0, 0.1) is 0 Å². The van der Waals surface area contributed by atoms with Crippen LogP contribution in [0.15, 0.2) is 46.9 Å². The quantitative estimate of drug-likeness (QED) is 0.691. The Bertz CT molecular complexity index is 832. The molecule has 1 N–H and O–H groups in total. The van der Waals surface area contributed by atoms with Gasteiger partial charge < -0.3 is 14.8 Å². The second-order valence-corrected chi connectivity index (χ2v) is 8.71. The average molecular weight is 432 g/mol. The van der Waals surface area contributed by atoms with Crippen molar-refractivity contribution in [1.82, 2.24) is 5.32 Å². The fraction of sp³-hybridized carbons (Fsp3) is 0.409. The van der Waals surface area contributed by atoms with Gasteiger partial charge in [0.2, 0.25) is 0 Å².